The first-order valence-corrected chi connectivity index (χ1v) is 9.13. The Kier molecular flexibility index (Phi) is 6.29. The first-order valence-electron chi connectivity index (χ1n) is 8.76. The van der Waals surface area contributed by atoms with E-state index in [1.54, 1.807) is 0 Å². The monoisotopic (exact) mass is 365 g/mol. The summed E-state index contributed by atoms with van der Waals surface area (Å²) in [5.74, 6) is 0.0955. The van der Waals surface area contributed by atoms with E-state index in [4.69, 9.17) is 16.3 Å². The maximum Gasteiger partial charge on any atom is 0.251 e. The van der Waals surface area contributed by atoms with Gasteiger partial charge in [-0.05, 0) is 30.5 Å². The van der Waals surface area contributed by atoms with Gasteiger partial charge in [0.2, 0.25) is 5.91 Å². The fourth-order valence-electron chi connectivity index (χ4n) is 3.16. The summed E-state index contributed by atoms with van der Waals surface area (Å²) < 4.78 is 5.46. The minimum atomic E-state index is -0.255. The average Bonchev–Trinajstić information content (AvgIpc) is 3.16. The van der Waals surface area contributed by atoms with E-state index < -0.39 is 0 Å². The Hall–Kier alpha value is -1.63. The summed E-state index contributed by atoms with van der Waals surface area (Å²) in [6, 6.07) is 7.43. The normalized spacial score (nSPS) is 21.3. The van der Waals surface area contributed by atoms with Gasteiger partial charge in [-0.2, -0.15) is 0 Å². The number of amides is 2. The molecule has 2 amide bonds. The van der Waals surface area contributed by atoms with Crippen molar-refractivity contribution >= 4 is 23.4 Å². The molecule has 0 aromatic heterocycles. The van der Waals surface area contributed by atoms with E-state index in [9.17, 15) is 9.59 Å². The molecule has 2 aliphatic heterocycles. The van der Waals surface area contributed by atoms with E-state index in [0.29, 0.717) is 50.9 Å². The molecule has 2 heterocycles. The Morgan fingerprint density at radius 2 is 1.88 bits per heavy atom. The minimum absolute atomic E-state index is 0.00569. The second-order valence-corrected chi connectivity index (χ2v) is 6.94. The molecule has 2 fully saturated rings. The third-order valence-corrected chi connectivity index (χ3v) is 4.91. The first-order chi connectivity index (χ1) is 12.1. The molecule has 2 saturated heterocycles. The van der Waals surface area contributed by atoms with Crippen LogP contribution in [-0.4, -0.2) is 67.0 Å². The third-order valence-electron chi connectivity index (χ3n) is 4.66. The molecule has 1 N–H and O–H groups in total. The molecule has 1 aromatic carbocycles. The zero-order valence-electron chi connectivity index (χ0n) is 14.2. The van der Waals surface area contributed by atoms with Crippen molar-refractivity contribution in [2.75, 3.05) is 39.3 Å². The molecule has 0 saturated carbocycles. The van der Waals surface area contributed by atoms with Gasteiger partial charge in [0, 0.05) is 44.4 Å². The number of hydrogen-bond acceptors (Lipinski definition) is 4. The first kappa shape index (κ1) is 18.2. The number of hydrogen-bond donors (Lipinski definition) is 1. The number of carbonyl (C=O) groups is 2. The Morgan fingerprint density at radius 3 is 2.52 bits per heavy atom. The van der Waals surface area contributed by atoms with Crippen molar-refractivity contribution in [3.63, 3.8) is 0 Å². The Bertz CT molecular complexity index is 594. The van der Waals surface area contributed by atoms with Crippen molar-refractivity contribution in [1.29, 1.82) is 0 Å². The maximum absolute atomic E-state index is 12.3. The van der Waals surface area contributed by atoms with Crippen LogP contribution in [0.3, 0.4) is 0 Å². The Labute approximate surface area is 153 Å². The Morgan fingerprint density at radius 1 is 1.16 bits per heavy atom. The van der Waals surface area contributed by atoms with Gasteiger partial charge in [0.05, 0.1) is 6.54 Å². The SMILES string of the molecule is O=C(CN1CCN(C(=O)[C@@H]2CCCO2)CC1)NCc1ccc(Cl)cc1. The van der Waals surface area contributed by atoms with Crippen molar-refractivity contribution in [3.8, 4) is 0 Å². The van der Waals surface area contributed by atoms with Crippen molar-refractivity contribution in [1.82, 2.24) is 15.1 Å². The van der Waals surface area contributed by atoms with Crippen LogP contribution in [0.1, 0.15) is 18.4 Å². The lowest BCUT2D eigenvalue weighted by atomic mass is 10.2. The van der Waals surface area contributed by atoms with Crippen molar-refractivity contribution in [2.24, 2.45) is 0 Å². The molecule has 0 aliphatic carbocycles. The molecule has 0 bridgehead atoms. The zero-order chi connectivity index (χ0) is 17.6. The predicted octanol–water partition coefficient (Wildman–Crippen LogP) is 1.28. The zero-order valence-corrected chi connectivity index (χ0v) is 15.0. The lowest BCUT2D eigenvalue weighted by Gasteiger charge is -2.35. The topological polar surface area (TPSA) is 61.9 Å². The number of rotatable bonds is 5. The van der Waals surface area contributed by atoms with Gasteiger partial charge in [-0.3, -0.25) is 14.5 Å². The van der Waals surface area contributed by atoms with Crippen LogP contribution in [0.15, 0.2) is 24.3 Å². The third kappa shape index (κ3) is 5.17. The number of benzene rings is 1. The molecule has 0 unspecified atom stereocenters. The van der Waals surface area contributed by atoms with Crippen molar-refractivity contribution in [3.05, 3.63) is 34.9 Å². The lowest BCUT2D eigenvalue weighted by molar-refractivity contribution is -0.142. The fraction of sp³-hybridized carbons (Fsp3) is 0.556. The van der Waals surface area contributed by atoms with Gasteiger partial charge in [0.1, 0.15) is 6.10 Å². The highest BCUT2D eigenvalue weighted by Crippen LogP contribution is 2.16. The molecule has 0 spiro atoms. The van der Waals surface area contributed by atoms with Gasteiger partial charge in [0.25, 0.3) is 5.91 Å². The summed E-state index contributed by atoms with van der Waals surface area (Å²) in [6.07, 6.45) is 1.53. The van der Waals surface area contributed by atoms with E-state index in [0.717, 1.165) is 18.4 Å². The molecule has 6 nitrogen and oxygen atoms in total. The molecule has 0 radical (unpaired) electrons. The molecule has 1 atom stereocenters. The molecule has 3 rings (SSSR count). The highest BCUT2D eigenvalue weighted by Gasteiger charge is 2.30. The predicted molar refractivity (Wildman–Crippen MR) is 95.3 cm³/mol. The maximum atomic E-state index is 12.3. The molecule has 7 heteroatoms. The summed E-state index contributed by atoms with van der Waals surface area (Å²) in [5, 5.41) is 3.61. The lowest BCUT2D eigenvalue weighted by Crippen LogP contribution is -2.53. The van der Waals surface area contributed by atoms with Gasteiger partial charge in [-0.1, -0.05) is 23.7 Å². The smallest absolute Gasteiger partial charge is 0.251 e. The van der Waals surface area contributed by atoms with Crippen molar-refractivity contribution in [2.45, 2.75) is 25.5 Å². The quantitative estimate of drug-likeness (QED) is 0.853. The number of ether oxygens (including phenoxy) is 1. The summed E-state index contributed by atoms with van der Waals surface area (Å²) in [5.41, 5.74) is 1.02. The number of nitrogens with one attached hydrogen (secondary N) is 1. The highest BCUT2D eigenvalue weighted by atomic mass is 35.5. The van der Waals surface area contributed by atoms with Crippen LogP contribution in [0.4, 0.5) is 0 Å². The van der Waals surface area contributed by atoms with Gasteiger partial charge >= 0.3 is 0 Å². The summed E-state index contributed by atoms with van der Waals surface area (Å²) >= 11 is 5.85. The van der Waals surface area contributed by atoms with Crippen LogP contribution < -0.4 is 5.32 Å². The van der Waals surface area contributed by atoms with E-state index in [1.807, 2.05) is 29.2 Å². The van der Waals surface area contributed by atoms with Crippen LogP contribution in [0.5, 0.6) is 0 Å². The second-order valence-electron chi connectivity index (χ2n) is 6.51. The molecular formula is C18H24ClN3O3. The molecule has 25 heavy (non-hydrogen) atoms. The van der Waals surface area contributed by atoms with Crippen LogP contribution in [0.2, 0.25) is 5.02 Å². The minimum Gasteiger partial charge on any atom is -0.368 e. The van der Waals surface area contributed by atoms with Crippen LogP contribution in [0, 0.1) is 0 Å². The van der Waals surface area contributed by atoms with E-state index in [-0.39, 0.29) is 17.9 Å². The molecule has 2 aliphatic rings. The fourth-order valence-corrected chi connectivity index (χ4v) is 3.29. The van der Waals surface area contributed by atoms with Gasteiger partial charge < -0.3 is 15.0 Å². The summed E-state index contributed by atoms with van der Waals surface area (Å²) in [6.45, 7) is 4.28. The number of halogens is 1. The van der Waals surface area contributed by atoms with Crippen molar-refractivity contribution < 1.29 is 14.3 Å². The van der Waals surface area contributed by atoms with E-state index >= 15 is 0 Å². The number of carbonyl (C=O) groups excluding carboxylic acids is 2. The average molecular weight is 366 g/mol. The number of nitrogens with zero attached hydrogens (tertiary/aromatic N) is 2. The molecular weight excluding hydrogens is 342 g/mol. The summed E-state index contributed by atoms with van der Waals surface area (Å²) in [4.78, 5) is 28.3. The second kappa shape index (κ2) is 8.65. The van der Waals surface area contributed by atoms with Gasteiger partial charge in [-0.15, -0.1) is 0 Å². The van der Waals surface area contributed by atoms with E-state index in [2.05, 4.69) is 10.2 Å². The molecule has 136 valence electrons. The number of piperazine rings is 1. The van der Waals surface area contributed by atoms with Gasteiger partial charge in [0.15, 0.2) is 0 Å². The van der Waals surface area contributed by atoms with Crippen LogP contribution >= 0.6 is 11.6 Å². The Balaban J connectivity index is 1.37. The molecule has 1 aromatic rings. The van der Waals surface area contributed by atoms with Crippen LogP contribution in [-0.2, 0) is 20.9 Å². The summed E-state index contributed by atoms with van der Waals surface area (Å²) in [7, 11) is 0. The van der Waals surface area contributed by atoms with Crippen LogP contribution in [0.25, 0.3) is 0 Å². The highest BCUT2D eigenvalue weighted by molar-refractivity contribution is 6.30. The standard InChI is InChI=1S/C18H24ClN3O3/c19-15-5-3-14(4-6-15)12-20-17(23)13-21-7-9-22(10-8-21)18(24)16-2-1-11-25-16/h3-6,16H,1-2,7-13H2,(H,20,23)/t16-/m0/s1. The van der Waals surface area contributed by atoms with Gasteiger partial charge in [-0.25, -0.2) is 0 Å². The largest absolute Gasteiger partial charge is 0.368 e. The van der Waals surface area contributed by atoms with E-state index in [1.165, 1.54) is 0 Å².